The molecule has 1 spiro atoms. The predicted octanol–water partition coefficient (Wildman–Crippen LogP) is 3.70. The Morgan fingerprint density at radius 2 is 2.00 bits per heavy atom. The van der Waals surface area contributed by atoms with E-state index < -0.39 is 0 Å². The maximum atomic E-state index is 10.7. The Morgan fingerprint density at radius 3 is 2.72 bits per heavy atom. The molecule has 1 aromatic rings. The summed E-state index contributed by atoms with van der Waals surface area (Å²) >= 11 is 0. The molecule has 1 saturated carbocycles. The van der Waals surface area contributed by atoms with Crippen LogP contribution < -0.4 is 4.74 Å². The van der Waals surface area contributed by atoms with Gasteiger partial charge >= 0.3 is 0 Å². The second-order valence-electron chi connectivity index (χ2n) is 5.04. The van der Waals surface area contributed by atoms with E-state index in [1.165, 1.54) is 25.3 Å². The van der Waals surface area contributed by atoms with E-state index in [1.54, 1.807) is 12.1 Å². The summed E-state index contributed by atoms with van der Waals surface area (Å²) in [5.74, 6) is 0.769. The molecule has 18 heavy (non-hydrogen) atoms. The van der Waals surface area contributed by atoms with Crippen LogP contribution in [0.1, 0.15) is 37.7 Å². The normalized spacial score (nSPS) is 20.2. The quantitative estimate of drug-likeness (QED) is 0.560. The van der Waals surface area contributed by atoms with Crippen molar-refractivity contribution < 1.29 is 9.66 Å². The summed E-state index contributed by atoms with van der Waals surface area (Å²) in [6.45, 7) is 0. The summed E-state index contributed by atoms with van der Waals surface area (Å²) in [5, 5.41) is 10.7. The Labute approximate surface area is 105 Å². The smallest absolute Gasteiger partial charge is 0.270 e. The van der Waals surface area contributed by atoms with Crippen LogP contribution in [-0.2, 0) is 0 Å². The molecule has 2 aliphatic rings. The molecule has 0 aromatic heterocycles. The van der Waals surface area contributed by atoms with E-state index in [1.807, 2.05) is 6.08 Å². The third-order valence-electron chi connectivity index (χ3n) is 3.78. The fourth-order valence-electron chi connectivity index (χ4n) is 2.79. The first-order valence-corrected chi connectivity index (χ1v) is 6.35. The molecule has 1 aliphatic heterocycles. The van der Waals surface area contributed by atoms with Gasteiger partial charge in [-0.15, -0.1) is 0 Å². The summed E-state index contributed by atoms with van der Waals surface area (Å²) in [6.07, 6.45) is 9.78. The molecule has 94 valence electrons. The summed E-state index contributed by atoms with van der Waals surface area (Å²) in [6, 6.07) is 4.80. The van der Waals surface area contributed by atoms with Crippen LogP contribution in [0.25, 0.3) is 6.08 Å². The minimum atomic E-state index is -0.376. The molecule has 0 N–H and O–H groups in total. The highest BCUT2D eigenvalue weighted by molar-refractivity contribution is 5.64. The number of hydrogen-bond donors (Lipinski definition) is 0. The fraction of sp³-hybridized carbons (Fsp3) is 0.429. The van der Waals surface area contributed by atoms with E-state index in [2.05, 4.69) is 6.08 Å². The SMILES string of the molecule is O=[N+]([O-])c1ccc2c(c1)C=CC1(CCCCC1)O2. The maximum absolute atomic E-state index is 10.7. The standard InChI is InChI=1S/C14H15NO3/c16-15(17)12-4-5-13-11(10-12)6-9-14(18-13)7-2-1-3-8-14/h4-6,9-10H,1-3,7-8H2. The molecule has 3 rings (SSSR count). The number of nitro benzene ring substituents is 1. The first-order chi connectivity index (χ1) is 8.69. The first kappa shape index (κ1) is 11.3. The molecular formula is C14H15NO3. The lowest BCUT2D eigenvalue weighted by molar-refractivity contribution is -0.384. The Kier molecular flexibility index (Phi) is 2.58. The van der Waals surface area contributed by atoms with Crippen molar-refractivity contribution in [3.63, 3.8) is 0 Å². The number of hydrogen-bond acceptors (Lipinski definition) is 3. The Balaban J connectivity index is 1.93. The molecular weight excluding hydrogens is 230 g/mol. The van der Waals surface area contributed by atoms with Gasteiger partial charge in [-0.25, -0.2) is 0 Å². The maximum Gasteiger partial charge on any atom is 0.270 e. The van der Waals surface area contributed by atoms with Gasteiger partial charge in [0.1, 0.15) is 11.4 Å². The van der Waals surface area contributed by atoms with Crippen molar-refractivity contribution in [3.8, 4) is 5.75 Å². The zero-order chi connectivity index (χ0) is 12.6. The van der Waals surface area contributed by atoms with Crippen LogP contribution in [0.5, 0.6) is 5.75 Å². The van der Waals surface area contributed by atoms with E-state index in [4.69, 9.17) is 4.74 Å². The number of benzene rings is 1. The predicted molar refractivity (Wildman–Crippen MR) is 68.6 cm³/mol. The van der Waals surface area contributed by atoms with Gasteiger partial charge in [0, 0.05) is 17.7 Å². The summed E-state index contributed by atoms with van der Waals surface area (Å²) in [5.41, 5.74) is 0.753. The summed E-state index contributed by atoms with van der Waals surface area (Å²) < 4.78 is 6.09. The number of ether oxygens (including phenoxy) is 1. The van der Waals surface area contributed by atoms with Crippen molar-refractivity contribution in [3.05, 3.63) is 40.0 Å². The van der Waals surface area contributed by atoms with E-state index in [9.17, 15) is 10.1 Å². The molecule has 0 amide bonds. The minimum absolute atomic E-state index is 0.113. The third-order valence-corrected chi connectivity index (χ3v) is 3.78. The van der Waals surface area contributed by atoms with E-state index in [0.717, 1.165) is 24.2 Å². The number of non-ortho nitro benzene ring substituents is 1. The van der Waals surface area contributed by atoms with E-state index in [-0.39, 0.29) is 16.2 Å². The van der Waals surface area contributed by atoms with Crippen molar-refractivity contribution in [2.24, 2.45) is 0 Å². The summed E-state index contributed by atoms with van der Waals surface area (Å²) in [4.78, 5) is 10.3. The highest BCUT2D eigenvalue weighted by Crippen LogP contribution is 2.40. The molecule has 0 bridgehead atoms. The number of nitro groups is 1. The van der Waals surface area contributed by atoms with Crippen LogP contribution in [-0.4, -0.2) is 10.5 Å². The highest BCUT2D eigenvalue weighted by atomic mass is 16.6. The molecule has 0 radical (unpaired) electrons. The van der Waals surface area contributed by atoms with Crippen LogP contribution in [0.2, 0.25) is 0 Å². The lowest BCUT2D eigenvalue weighted by Gasteiger charge is -2.37. The van der Waals surface area contributed by atoms with Crippen molar-refractivity contribution in [1.29, 1.82) is 0 Å². The molecule has 0 saturated heterocycles. The number of fused-ring (bicyclic) bond motifs is 1. The number of rotatable bonds is 1. The van der Waals surface area contributed by atoms with Crippen molar-refractivity contribution in [1.82, 2.24) is 0 Å². The zero-order valence-electron chi connectivity index (χ0n) is 10.1. The summed E-state index contributed by atoms with van der Waals surface area (Å²) in [7, 11) is 0. The fourth-order valence-corrected chi connectivity index (χ4v) is 2.79. The molecule has 1 heterocycles. The van der Waals surface area contributed by atoms with Crippen LogP contribution in [0.15, 0.2) is 24.3 Å². The van der Waals surface area contributed by atoms with Crippen LogP contribution >= 0.6 is 0 Å². The first-order valence-electron chi connectivity index (χ1n) is 6.35. The Hall–Kier alpha value is -1.84. The third kappa shape index (κ3) is 1.88. The van der Waals surface area contributed by atoms with Crippen LogP contribution in [0.4, 0.5) is 5.69 Å². The Bertz CT molecular complexity index is 516. The average molecular weight is 245 g/mol. The minimum Gasteiger partial charge on any atom is -0.483 e. The van der Waals surface area contributed by atoms with E-state index in [0.29, 0.717) is 0 Å². The van der Waals surface area contributed by atoms with Gasteiger partial charge in [-0.05, 0) is 37.8 Å². The van der Waals surface area contributed by atoms with Gasteiger partial charge in [0.2, 0.25) is 0 Å². The zero-order valence-corrected chi connectivity index (χ0v) is 10.1. The molecule has 1 aromatic carbocycles. The molecule has 4 heteroatoms. The Morgan fingerprint density at radius 1 is 1.22 bits per heavy atom. The van der Waals surface area contributed by atoms with Gasteiger partial charge in [0.05, 0.1) is 4.92 Å². The van der Waals surface area contributed by atoms with Gasteiger partial charge in [-0.3, -0.25) is 10.1 Å². The van der Waals surface area contributed by atoms with Crippen LogP contribution in [0, 0.1) is 10.1 Å². The average Bonchev–Trinajstić information content (AvgIpc) is 2.39. The van der Waals surface area contributed by atoms with Crippen LogP contribution in [0.3, 0.4) is 0 Å². The monoisotopic (exact) mass is 245 g/mol. The van der Waals surface area contributed by atoms with Gasteiger partial charge in [0.25, 0.3) is 5.69 Å². The highest BCUT2D eigenvalue weighted by Gasteiger charge is 2.34. The molecule has 1 aliphatic carbocycles. The molecule has 0 atom stereocenters. The second kappa shape index (κ2) is 4.12. The van der Waals surface area contributed by atoms with E-state index >= 15 is 0 Å². The van der Waals surface area contributed by atoms with Crippen molar-refractivity contribution in [2.75, 3.05) is 0 Å². The van der Waals surface area contributed by atoms with Crippen molar-refractivity contribution in [2.45, 2.75) is 37.7 Å². The lowest BCUT2D eigenvalue weighted by atomic mass is 9.83. The number of nitrogens with zero attached hydrogens (tertiary/aromatic N) is 1. The van der Waals surface area contributed by atoms with Crippen molar-refractivity contribution >= 4 is 11.8 Å². The van der Waals surface area contributed by atoms with Gasteiger partial charge in [-0.1, -0.05) is 12.5 Å². The molecule has 1 fully saturated rings. The molecule has 4 nitrogen and oxygen atoms in total. The second-order valence-corrected chi connectivity index (χ2v) is 5.04. The van der Waals surface area contributed by atoms with Gasteiger partial charge in [0.15, 0.2) is 0 Å². The van der Waals surface area contributed by atoms with Gasteiger partial charge in [-0.2, -0.15) is 0 Å². The lowest BCUT2D eigenvalue weighted by Crippen LogP contribution is -2.37. The topological polar surface area (TPSA) is 52.4 Å². The van der Waals surface area contributed by atoms with Gasteiger partial charge < -0.3 is 4.74 Å². The molecule has 0 unspecified atom stereocenters. The largest absolute Gasteiger partial charge is 0.483 e.